The number of nitrogens with one attached hydrogen (secondary N) is 1. The maximum Gasteiger partial charge on any atom is 0.414 e. The number of benzene rings is 1. The number of ether oxygens (including phenoxy) is 1. The zero-order chi connectivity index (χ0) is 16.1. The molecule has 3 aromatic rings. The topological polar surface area (TPSA) is 108 Å². The van der Waals surface area contributed by atoms with E-state index in [1.165, 1.54) is 41.5 Å². The van der Waals surface area contributed by atoms with E-state index in [2.05, 4.69) is 25.9 Å². The second-order valence-corrected chi connectivity index (χ2v) is 4.38. The molecule has 10 heteroatoms. The summed E-state index contributed by atoms with van der Waals surface area (Å²) < 4.78 is 22.9. The summed E-state index contributed by atoms with van der Waals surface area (Å²) in [4.78, 5) is 12.9. The number of hydrogen-bond donors (Lipinski definition) is 1. The van der Waals surface area contributed by atoms with Crippen LogP contribution in [0.4, 0.5) is 9.18 Å². The van der Waals surface area contributed by atoms with Gasteiger partial charge in [0.05, 0.1) is 12.6 Å². The monoisotopic (exact) mass is 318 g/mol. The van der Waals surface area contributed by atoms with Crippen molar-refractivity contribution < 1.29 is 18.4 Å². The first-order valence-electron chi connectivity index (χ1n) is 6.60. The van der Waals surface area contributed by atoms with Gasteiger partial charge in [-0.25, -0.2) is 9.18 Å². The Morgan fingerprint density at radius 3 is 2.91 bits per heavy atom. The van der Waals surface area contributed by atoms with Crippen LogP contribution < -0.4 is 10.1 Å². The Bertz CT molecular complexity index is 771. The number of carbonyl (C=O) groups is 1. The highest BCUT2D eigenvalue weighted by Crippen LogP contribution is 2.23. The fraction of sp³-hybridized carbons (Fsp3) is 0.154. The quantitative estimate of drug-likeness (QED) is 0.754. The smallest absolute Gasteiger partial charge is 0.388 e. The van der Waals surface area contributed by atoms with Crippen molar-refractivity contribution in [2.75, 3.05) is 6.54 Å². The van der Waals surface area contributed by atoms with Gasteiger partial charge in [0.25, 0.3) is 5.88 Å². The second-order valence-electron chi connectivity index (χ2n) is 4.38. The summed E-state index contributed by atoms with van der Waals surface area (Å²) in [7, 11) is 0. The van der Waals surface area contributed by atoms with Crippen molar-refractivity contribution in [2.24, 2.45) is 0 Å². The molecular weight excluding hydrogens is 307 g/mol. The Labute approximate surface area is 129 Å². The minimum absolute atomic E-state index is 0.000654. The highest BCUT2D eigenvalue weighted by atomic mass is 19.1. The van der Waals surface area contributed by atoms with Crippen molar-refractivity contribution in [3.63, 3.8) is 0 Å². The van der Waals surface area contributed by atoms with Gasteiger partial charge in [0.2, 0.25) is 0 Å². The van der Waals surface area contributed by atoms with E-state index in [1.807, 2.05) is 0 Å². The van der Waals surface area contributed by atoms with Crippen molar-refractivity contribution in [1.82, 2.24) is 30.7 Å². The number of tetrazole rings is 1. The molecule has 118 valence electrons. The normalized spacial score (nSPS) is 10.5. The first-order chi connectivity index (χ1) is 11.2. The van der Waals surface area contributed by atoms with Crippen LogP contribution >= 0.6 is 0 Å². The van der Waals surface area contributed by atoms with Crippen molar-refractivity contribution in [3.05, 3.63) is 42.5 Å². The van der Waals surface area contributed by atoms with Crippen LogP contribution in [0, 0.1) is 5.82 Å². The third-order valence-corrected chi connectivity index (χ3v) is 2.79. The van der Waals surface area contributed by atoms with E-state index in [4.69, 9.17) is 9.26 Å². The molecule has 0 fully saturated rings. The molecule has 0 saturated carbocycles. The van der Waals surface area contributed by atoms with Crippen LogP contribution in [0.2, 0.25) is 0 Å². The van der Waals surface area contributed by atoms with Gasteiger partial charge in [-0.15, -0.1) is 10.2 Å². The Hall–Kier alpha value is -3.30. The average Bonchev–Trinajstić information content (AvgIpc) is 3.20. The highest BCUT2D eigenvalue weighted by molar-refractivity contribution is 5.70. The standard InChI is InChI=1S/C13H11FN6O3/c14-10-3-1-9(2-4-10)11-7-12(18-23-11)22-13(21)15-5-6-20-17-8-16-19-20/h1-4,7-8H,5-6H2,(H,15,21). The summed E-state index contributed by atoms with van der Waals surface area (Å²) in [6.07, 6.45) is 0.606. The summed E-state index contributed by atoms with van der Waals surface area (Å²) in [5, 5.41) is 17.1. The summed E-state index contributed by atoms with van der Waals surface area (Å²) >= 11 is 0. The fourth-order valence-corrected chi connectivity index (χ4v) is 1.74. The number of halogens is 1. The highest BCUT2D eigenvalue weighted by Gasteiger charge is 2.11. The molecule has 3 rings (SSSR count). The van der Waals surface area contributed by atoms with Gasteiger partial charge in [-0.1, -0.05) is 0 Å². The molecule has 0 atom stereocenters. The Morgan fingerprint density at radius 1 is 1.35 bits per heavy atom. The van der Waals surface area contributed by atoms with Crippen LogP contribution in [-0.2, 0) is 6.54 Å². The van der Waals surface area contributed by atoms with Gasteiger partial charge in [0.15, 0.2) is 12.1 Å². The molecule has 0 bridgehead atoms. The van der Waals surface area contributed by atoms with Gasteiger partial charge in [-0.05, 0) is 34.6 Å². The molecule has 0 radical (unpaired) electrons. The summed E-state index contributed by atoms with van der Waals surface area (Å²) in [6.45, 7) is 0.618. The van der Waals surface area contributed by atoms with E-state index >= 15 is 0 Å². The maximum atomic E-state index is 12.9. The molecule has 23 heavy (non-hydrogen) atoms. The van der Waals surface area contributed by atoms with E-state index in [0.717, 1.165) is 0 Å². The number of amides is 1. The van der Waals surface area contributed by atoms with Crippen LogP contribution in [0.3, 0.4) is 0 Å². The average molecular weight is 318 g/mol. The zero-order valence-electron chi connectivity index (χ0n) is 11.7. The first-order valence-corrected chi connectivity index (χ1v) is 6.60. The van der Waals surface area contributed by atoms with Crippen LogP contribution in [0.25, 0.3) is 11.3 Å². The molecule has 0 aliphatic carbocycles. The van der Waals surface area contributed by atoms with Crippen molar-refractivity contribution in [1.29, 1.82) is 0 Å². The lowest BCUT2D eigenvalue weighted by molar-refractivity contribution is 0.195. The third-order valence-electron chi connectivity index (χ3n) is 2.79. The number of hydrogen-bond acceptors (Lipinski definition) is 7. The fourth-order valence-electron chi connectivity index (χ4n) is 1.74. The molecule has 0 aliphatic rings. The van der Waals surface area contributed by atoms with Gasteiger partial charge < -0.3 is 14.6 Å². The Balaban J connectivity index is 1.52. The van der Waals surface area contributed by atoms with Crippen molar-refractivity contribution >= 4 is 6.09 Å². The minimum Gasteiger partial charge on any atom is -0.388 e. The SMILES string of the molecule is O=C(NCCn1ncnn1)Oc1cc(-c2ccc(F)cc2)on1. The van der Waals surface area contributed by atoms with Crippen LogP contribution in [0.1, 0.15) is 0 Å². The summed E-state index contributed by atoms with van der Waals surface area (Å²) in [6, 6.07) is 7.09. The van der Waals surface area contributed by atoms with Crippen molar-refractivity contribution in [2.45, 2.75) is 6.54 Å². The molecular formula is C13H11FN6O3. The molecule has 0 aliphatic heterocycles. The van der Waals surface area contributed by atoms with Gasteiger partial charge in [0, 0.05) is 12.1 Å². The zero-order valence-corrected chi connectivity index (χ0v) is 11.7. The lowest BCUT2D eigenvalue weighted by Crippen LogP contribution is -2.30. The van der Waals surface area contributed by atoms with Crippen LogP contribution in [0.15, 0.2) is 41.2 Å². The first kappa shape index (κ1) is 14.6. The number of carbonyl (C=O) groups excluding carboxylic acids is 1. The minimum atomic E-state index is -0.691. The lowest BCUT2D eigenvalue weighted by Gasteiger charge is -2.02. The van der Waals surface area contributed by atoms with E-state index in [-0.39, 0.29) is 18.2 Å². The van der Waals surface area contributed by atoms with Gasteiger partial charge in [-0.3, -0.25) is 0 Å². The summed E-state index contributed by atoms with van der Waals surface area (Å²) in [5.74, 6) is 0.00584. The number of nitrogens with zero attached hydrogens (tertiary/aromatic N) is 5. The maximum absolute atomic E-state index is 12.9. The predicted octanol–water partition coefficient (Wildman–Crippen LogP) is 1.26. The van der Waals surface area contributed by atoms with Gasteiger partial charge in [0.1, 0.15) is 5.82 Å². The summed E-state index contributed by atoms with van der Waals surface area (Å²) in [5.41, 5.74) is 0.617. The molecule has 1 amide bonds. The third kappa shape index (κ3) is 3.87. The van der Waals surface area contributed by atoms with E-state index in [9.17, 15) is 9.18 Å². The molecule has 1 aromatic carbocycles. The largest absolute Gasteiger partial charge is 0.414 e. The van der Waals surface area contributed by atoms with Crippen LogP contribution in [0.5, 0.6) is 5.88 Å². The number of aromatic nitrogens is 5. The van der Waals surface area contributed by atoms with Gasteiger partial charge in [-0.2, -0.15) is 4.80 Å². The molecule has 9 nitrogen and oxygen atoms in total. The van der Waals surface area contributed by atoms with E-state index in [0.29, 0.717) is 17.9 Å². The predicted molar refractivity (Wildman–Crippen MR) is 73.7 cm³/mol. The number of rotatable bonds is 5. The van der Waals surface area contributed by atoms with E-state index < -0.39 is 6.09 Å². The molecule has 0 unspecified atom stereocenters. The van der Waals surface area contributed by atoms with Gasteiger partial charge >= 0.3 is 6.09 Å². The molecule has 2 aromatic heterocycles. The molecule has 1 N–H and O–H groups in total. The second kappa shape index (κ2) is 6.64. The van der Waals surface area contributed by atoms with Crippen LogP contribution in [-0.4, -0.2) is 38.0 Å². The Morgan fingerprint density at radius 2 is 2.17 bits per heavy atom. The molecule has 0 saturated heterocycles. The molecule has 0 spiro atoms. The lowest BCUT2D eigenvalue weighted by atomic mass is 10.2. The Kier molecular flexibility index (Phi) is 4.22. The van der Waals surface area contributed by atoms with E-state index in [1.54, 1.807) is 0 Å². The van der Waals surface area contributed by atoms with Crippen molar-refractivity contribution in [3.8, 4) is 17.2 Å². The molecule has 2 heterocycles.